The smallest absolute Gasteiger partial charge is 0.267 e. The number of aliphatic hydroxyl groups excluding tert-OH is 1. The number of ether oxygens (including phenoxy) is 1. The molecule has 1 aromatic heterocycles. The Kier molecular flexibility index (Phi) is 5.54. The van der Waals surface area contributed by atoms with Crippen molar-refractivity contribution in [3.8, 4) is 0 Å². The predicted molar refractivity (Wildman–Crippen MR) is 66.6 cm³/mol. The van der Waals surface area contributed by atoms with Gasteiger partial charge in [-0.3, -0.25) is 9.59 Å². The van der Waals surface area contributed by atoms with E-state index in [0.717, 1.165) is 0 Å². The summed E-state index contributed by atoms with van der Waals surface area (Å²) < 4.78 is 5.01. The molecule has 18 heavy (non-hydrogen) atoms. The number of aromatic amines is 1. The largest absolute Gasteiger partial charge is 0.389 e. The van der Waals surface area contributed by atoms with Gasteiger partial charge in [0.2, 0.25) is 0 Å². The number of carbonyl (C=O) groups excluding carboxylic acids is 1. The lowest BCUT2D eigenvalue weighted by molar-refractivity contribution is 0.0417. The van der Waals surface area contributed by atoms with Crippen LogP contribution in [0, 0.1) is 6.92 Å². The number of amides is 1. The van der Waals surface area contributed by atoms with Gasteiger partial charge in [-0.05, 0) is 13.8 Å². The third-order valence-corrected chi connectivity index (χ3v) is 2.23. The van der Waals surface area contributed by atoms with Crippen LogP contribution in [0.15, 0.2) is 16.9 Å². The predicted octanol–water partition coefficient (Wildman–Crippen LogP) is -0.189. The average Bonchev–Trinajstić information content (AvgIpc) is 2.32. The highest BCUT2D eigenvalue weighted by molar-refractivity contribution is 5.92. The van der Waals surface area contributed by atoms with Crippen molar-refractivity contribution in [3.63, 3.8) is 0 Å². The van der Waals surface area contributed by atoms with Gasteiger partial charge in [0, 0.05) is 31.0 Å². The SMILES string of the molecule is CCOCC(O)CNC(=O)c1cc(=O)cc(C)[nH]1. The van der Waals surface area contributed by atoms with Crippen LogP contribution in [0.1, 0.15) is 23.1 Å². The van der Waals surface area contributed by atoms with Crippen LogP contribution in [0.3, 0.4) is 0 Å². The summed E-state index contributed by atoms with van der Waals surface area (Å²) in [6.45, 7) is 4.27. The van der Waals surface area contributed by atoms with Crippen molar-refractivity contribution in [2.45, 2.75) is 20.0 Å². The Labute approximate surface area is 105 Å². The number of aliphatic hydroxyl groups is 1. The molecule has 1 atom stereocenters. The van der Waals surface area contributed by atoms with Crippen molar-refractivity contribution < 1.29 is 14.6 Å². The number of aryl methyl sites for hydroxylation is 1. The summed E-state index contributed by atoms with van der Waals surface area (Å²) in [7, 11) is 0. The lowest BCUT2D eigenvalue weighted by Crippen LogP contribution is -2.35. The average molecular weight is 254 g/mol. The van der Waals surface area contributed by atoms with Crippen molar-refractivity contribution in [1.82, 2.24) is 10.3 Å². The molecular weight excluding hydrogens is 236 g/mol. The molecule has 0 aliphatic rings. The molecule has 6 nitrogen and oxygen atoms in total. The van der Waals surface area contributed by atoms with Gasteiger partial charge in [-0.2, -0.15) is 0 Å². The fourth-order valence-corrected chi connectivity index (χ4v) is 1.42. The van der Waals surface area contributed by atoms with E-state index in [0.29, 0.717) is 12.3 Å². The molecule has 1 rings (SSSR count). The van der Waals surface area contributed by atoms with Crippen LogP contribution in [0.2, 0.25) is 0 Å². The fourth-order valence-electron chi connectivity index (χ4n) is 1.42. The summed E-state index contributed by atoms with van der Waals surface area (Å²) in [4.78, 5) is 25.7. The Morgan fingerprint density at radius 1 is 1.56 bits per heavy atom. The zero-order valence-corrected chi connectivity index (χ0v) is 10.5. The summed E-state index contributed by atoms with van der Waals surface area (Å²) >= 11 is 0. The quantitative estimate of drug-likeness (QED) is 0.656. The van der Waals surface area contributed by atoms with Gasteiger partial charge in [0.05, 0.1) is 12.7 Å². The first-order valence-corrected chi connectivity index (χ1v) is 5.78. The monoisotopic (exact) mass is 254 g/mol. The Bertz CT molecular complexity index is 456. The second kappa shape index (κ2) is 6.93. The molecule has 1 heterocycles. The van der Waals surface area contributed by atoms with Crippen LogP contribution in [0.5, 0.6) is 0 Å². The van der Waals surface area contributed by atoms with Crippen LogP contribution in [0.4, 0.5) is 0 Å². The molecule has 6 heteroatoms. The number of aromatic nitrogens is 1. The maximum absolute atomic E-state index is 11.7. The van der Waals surface area contributed by atoms with E-state index in [1.54, 1.807) is 6.92 Å². The van der Waals surface area contributed by atoms with Crippen molar-refractivity contribution >= 4 is 5.91 Å². The van der Waals surface area contributed by atoms with Crippen LogP contribution in [-0.4, -0.2) is 41.9 Å². The van der Waals surface area contributed by atoms with E-state index in [1.807, 2.05) is 6.92 Å². The van der Waals surface area contributed by atoms with E-state index in [2.05, 4.69) is 10.3 Å². The van der Waals surface area contributed by atoms with Gasteiger partial charge < -0.3 is 20.1 Å². The fraction of sp³-hybridized carbons (Fsp3) is 0.500. The molecule has 0 aliphatic carbocycles. The number of carbonyl (C=O) groups is 1. The zero-order chi connectivity index (χ0) is 13.5. The lowest BCUT2D eigenvalue weighted by atomic mass is 10.3. The van der Waals surface area contributed by atoms with Gasteiger partial charge in [-0.1, -0.05) is 0 Å². The molecule has 0 spiro atoms. The third-order valence-electron chi connectivity index (χ3n) is 2.23. The minimum atomic E-state index is -0.759. The Morgan fingerprint density at radius 3 is 2.89 bits per heavy atom. The van der Waals surface area contributed by atoms with E-state index >= 15 is 0 Å². The van der Waals surface area contributed by atoms with E-state index in [1.165, 1.54) is 12.1 Å². The van der Waals surface area contributed by atoms with E-state index in [-0.39, 0.29) is 24.3 Å². The highest BCUT2D eigenvalue weighted by Gasteiger charge is 2.10. The number of hydrogen-bond acceptors (Lipinski definition) is 4. The van der Waals surface area contributed by atoms with Crippen LogP contribution in [0.25, 0.3) is 0 Å². The van der Waals surface area contributed by atoms with Gasteiger partial charge in [0.1, 0.15) is 5.69 Å². The van der Waals surface area contributed by atoms with Crippen LogP contribution >= 0.6 is 0 Å². The minimum absolute atomic E-state index is 0.0782. The molecular formula is C12H18N2O4. The molecule has 0 saturated heterocycles. The van der Waals surface area contributed by atoms with Gasteiger partial charge in [-0.15, -0.1) is 0 Å². The number of pyridine rings is 1. The van der Waals surface area contributed by atoms with Crippen molar-refractivity contribution in [2.75, 3.05) is 19.8 Å². The lowest BCUT2D eigenvalue weighted by Gasteiger charge is -2.11. The van der Waals surface area contributed by atoms with Crippen molar-refractivity contribution in [3.05, 3.63) is 33.7 Å². The Balaban J connectivity index is 2.52. The van der Waals surface area contributed by atoms with Crippen LogP contribution < -0.4 is 10.7 Å². The van der Waals surface area contributed by atoms with Crippen molar-refractivity contribution in [1.29, 1.82) is 0 Å². The number of hydrogen-bond donors (Lipinski definition) is 3. The molecule has 0 radical (unpaired) electrons. The zero-order valence-electron chi connectivity index (χ0n) is 10.5. The maximum atomic E-state index is 11.7. The number of H-pyrrole nitrogens is 1. The molecule has 1 unspecified atom stereocenters. The first-order valence-electron chi connectivity index (χ1n) is 5.78. The standard InChI is InChI=1S/C12H18N2O4/c1-3-18-7-10(16)6-13-12(17)11-5-9(15)4-8(2)14-11/h4-5,10,16H,3,6-7H2,1-2H3,(H,13,17)(H,14,15). The molecule has 0 bridgehead atoms. The summed E-state index contributed by atoms with van der Waals surface area (Å²) in [5.74, 6) is -0.425. The van der Waals surface area contributed by atoms with Gasteiger partial charge in [0.15, 0.2) is 5.43 Å². The molecule has 0 aliphatic heterocycles. The van der Waals surface area contributed by atoms with Crippen molar-refractivity contribution in [2.24, 2.45) is 0 Å². The normalized spacial score (nSPS) is 12.2. The molecule has 0 aromatic carbocycles. The molecule has 1 aromatic rings. The highest BCUT2D eigenvalue weighted by atomic mass is 16.5. The molecule has 1 amide bonds. The number of rotatable bonds is 6. The Hall–Kier alpha value is -1.66. The Morgan fingerprint density at radius 2 is 2.28 bits per heavy atom. The highest BCUT2D eigenvalue weighted by Crippen LogP contribution is 1.94. The molecule has 100 valence electrons. The third kappa shape index (κ3) is 4.68. The first kappa shape index (κ1) is 14.4. The second-order valence-electron chi connectivity index (χ2n) is 3.94. The maximum Gasteiger partial charge on any atom is 0.267 e. The van der Waals surface area contributed by atoms with Gasteiger partial charge >= 0.3 is 0 Å². The minimum Gasteiger partial charge on any atom is -0.389 e. The first-order chi connectivity index (χ1) is 8.52. The van der Waals surface area contributed by atoms with Gasteiger partial charge in [0.25, 0.3) is 5.91 Å². The molecule has 0 fully saturated rings. The summed E-state index contributed by atoms with van der Waals surface area (Å²) in [6.07, 6.45) is -0.759. The number of nitrogens with one attached hydrogen (secondary N) is 2. The van der Waals surface area contributed by atoms with E-state index < -0.39 is 12.0 Å². The van der Waals surface area contributed by atoms with Gasteiger partial charge in [-0.25, -0.2) is 0 Å². The van der Waals surface area contributed by atoms with E-state index in [9.17, 15) is 14.7 Å². The molecule has 3 N–H and O–H groups in total. The van der Waals surface area contributed by atoms with E-state index in [4.69, 9.17) is 4.74 Å². The topological polar surface area (TPSA) is 91.4 Å². The summed E-state index contributed by atoms with van der Waals surface area (Å²) in [5.41, 5.74) is 0.567. The summed E-state index contributed by atoms with van der Waals surface area (Å²) in [5, 5.41) is 12.0. The molecule has 0 saturated carbocycles. The van der Waals surface area contributed by atoms with Crippen LogP contribution in [-0.2, 0) is 4.74 Å². The summed E-state index contributed by atoms with van der Waals surface area (Å²) in [6, 6.07) is 2.62. The second-order valence-corrected chi connectivity index (χ2v) is 3.94.